The zero-order chi connectivity index (χ0) is 27.3. The maximum atomic E-state index is 5.66. The van der Waals surface area contributed by atoms with E-state index in [0.29, 0.717) is 12.0 Å². The molecule has 0 saturated heterocycles. The Hall–Kier alpha value is -2.44. The molecule has 0 radical (unpaired) electrons. The lowest BCUT2D eigenvalue weighted by Gasteiger charge is -2.40. The lowest BCUT2D eigenvalue weighted by atomic mass is 9.68. The second-order valence-corrected chi connectivity index (χ2v) is 10.2. The SMILES string of the molecule is CCC(C)NCC(CCCNCCCc1ccc(OC)c(OC)c1)(c1ccc(OC)c(OC)c1)C(C)C. The highest BCUT2D eigenvalue weighted by Gasteiger charge is 2.36. The molecule has 2 N–H and O–H groups in total. The highest BCUT2D eigenvalue weighted by Crippen LogP contribution is 2.40. The van der Waals surface area contributed by atoms with Crippen LogP contribution in [0.15, 0.2) is 36.4 Å². The van der Waals surface area contributed by atoms with Crippen molar-refractivity contribution >= 4 is 0 Å². The van der Waals surface area contributed by atoms with Crippen LogP contribution in [0.2, 0.25) is 0 Å². The van der Waals surface area contributed by atoms with Crippen LogP contribution in [0, 0.1) is 5.92 Å². The molecule has 2 rings (SSSR count). The first-order valence-electron chi connectivity index (χ1n) is 13.7. The topological polar surface area (TPSA) is 61.0 Å². The Labute approximate surface area is 225 Å². The monoisotopic (exact) mass is 514 g/mol. The van der Waals surface area contributed by atoms with Gasteiger partial charge in [0.2, 0.25) is 0 Å². The summed E-state index contributed by atoms with van der Waals surface area (Å²) in [5.41, 5.74) is 2.58. The number of hydrogen-bond acceptors (Lipinski definition) is 6. The number of methoxy groups -OCH3 is 4. The number of benzene rings is 2. The van der Waals surface area contributed by atoms with Crippen LogP contribution >= 0.6 is 0 Å². The normalized spacial score (nSPS) is 13.8. The van der Waals surface area contributed by atoms with Crippen LogP contribution in [-0.2, 0) is 11.8 Å². The van der Waals surface area contributed by atoms with Crippen LogP contribution < -0.4 is 29.6 Å². The lowest BCUT2D eigenvalue weighted by molar-refractivity contribution is 0.252. The zero-order valence-electron chi connectivity index (χ0n) is 24.4. The van der Waals surface area contributed by atoms with E-state index in [1.807, 2.05) is 12.1 Å². The van der Waals surface area contributed by atoms with Crippen LogP contribution in [0.3, 0.4) is 0 Å². The van der Waals surface area contributed by atoms with E-state index in [1.165, 1.54) is 11.1 Å². The van der Waals surface area contributed by atoms with Gasteiger partial charge in [-0.15, -0.1) is 0 Å². The lowest BCUT2D eigenvalue weighted by Crippen LogP contribution is -2.45. The maximum Gasteiger partial charge on any atom is 0.161 e. The van der Waals surface area contributed by atoms with Crippen molar-refractivity contribution in [2.75, 3.05) is 48.1 Å². The molecule has 2 aromatic carbocycles. The molecule has 2 unspecified atom stereocenters. The van der Waals surface area contributed by atoms with E-state index in [9.17, 15) is 0 Å². The molecule has 2 aromatic rings. The molecular formula is C31H50N2O4. The molecular weight excluding hydrogens is 464 g/mol. The Morgan fingerprint density at radius 1 is 0.757 bits per heavy atom. The number of aryl methyl sites for hydroxylation is 1. The minimum absolute atomic E-state index is 0.00428. The molecule has 0 saturated carbocycles. The van der Waals surface area contributed by atoms with Gasteiger partial charge in [-0.25, -0.2) is 0 Å². The molecule has 0 amide bonds. The third kappa shape index (κ3) is 8.54. The van der Waals surface area contributed by atoms with Crippen LogP contribution in [0.4, 0.5) is 0 Å². The summed E-state index contributed by atoms with van der Waals surface area (Å²) in [7, 11) is 6.75. The molecule has 6 nitrogen and oxygen atoms in total. The largest absolute Gasteiger partial charge is 0.493 e. The van der Waals surface area contributed by atoms with Gasteiger partial charge in [-0.1, -0.05) is 32.9 Å². The maximum absolute atomic E-state index is 5.66. The fourth-order valence-electron chi connectivity index (χ4n) is 4.92. The van der Waals surface area contributed by atoms with Gasteiger partial charge in [0.25, 0.3) is 0 Å². The quantitative estimate of drug-likeness (QED) is 0.238. The summed E-state index contributed by atoms with van der Waals surface area (Å²) in [5, 5.41) is 7.47. The molecule has 0 aliphatic heterocycles. The Balaban J connectivity index is 2.00. The van der Waals surface area contributed by atoms with Crippen LogP contribution in [0.25, 0.3) is 0 Å². The smallest absolute Gasteiger partial charge is 0.161 e. The summed E-state index contributed by atoms with van der Waals surface area (Å²) in [6.07, 6.45) is 5.39. The van der Waals surface area contributed by atoms with Gasteiger partial charge in [-0.05, 0) is 93.4 Å². The molecule has 2 atom stereocenters. The summed E-state index contributed by atoms with van der Waals surface area (Å²) < 4.78 is 21.9. The van der Waals surface area contributed by atoms with Gasteiger partial charge in [0.05, 0.1) is 28.4 Å². The fraction of sp³-hybridized carbons (Fsp3) is 0.613. The number of nitrogens with one attached hydrogen (secondary N) is 2. The highest BCUT2D eigenvalue weighted by molar-refractivity contribution is 5.46. The zero-order valence-corrected chi connectivity index (χ0v) is 24.4. The van der Waals surface area contributed by atoms with Crippen molar-refractivity contribution in [2.45, 2.75) is 71.3 Å². The van der Waals surface area contributed by atoms with Gasteiger partial charge in [-0.2, -0.15) is 0 Å². The van der Waals surface area contributed by atoms with Crippen molar-refractivity contribution in [3.8, 4) is 23.0 Å². The summed E-state index contributed by atoms with van der Waals surface area (Å²) in [6.45, 7) is 12.1. The first-order chi connectivity index (χ1) is 17.8. The number of hydrogen-bond donors (Lipinski definition) is 2. The molecule has 0 fully saturated rings. The minimum atomic E-state index is 0.00428. The van der Waals surface area contributed by atoms with Gasteiger partial charge in [0.15, 0.2) is 23.0 Å². The molecule has 208 valence electrons. The molecule has 0 aromatic heterocycles. The third-order valence-electron chi connectivity index (χ3n) is 7.69. The minimum Gasteiger partial charge on any atom is -0.493 e. The van der Waals surface area contributed by atoms with Crippen molar-refractivity contribution in [3.05, 3.63) is 47.5 Å². The molecule has 0 heterocycles. The fourth-order valence-corrected chi connectivity index (χ4v) is 4.92. The number of ether oxygens (including phenoxy) is 4. The summed E-state index contributed by atoms with van der Waals surface area (Å²) in [6, 6.07) is 13.1. The Morgan fingerprint density at radius 2 is 1.35 bits per heavy atom. The van der Waals surface area contributed by atoms with E-state index >= 15 is 0 Å². The molecule has 0 aliphatic carbocycles. The standard InChI is InChI=1S/C31H50N2O4/c1-9-24(4)33-22-31(23(2)3,26-14-16-28(35-6)30(21-26)37-8)17-11-19-32-18-10-12-25-13-15-27(34-5)29(20-25)36-7/h13-16,20-21,23-24,32-33H,9-12,17-19,22H2,1-8H3. The van der Waals surface area contributed by atoms with Crippen molar-refractivity contribution in [1.82, 2.24) is 10.6 Å². The number of rotatable bonds is 18. The second kappa shape index (κ2) is 15.7. The first kappa shape index (κ1) is 30.8. The van der Waals surface area contributed by atoms with Crippen molar-refractivity contribution in [3.63, 3.8) is 0 Å². The predicted octanol–water partition coefficient (Wildman–Crippen LogP) is 6.01. The Bertz CT molecular complexity index is 933. The van der Waals surface area contributed by atoms with Gasteiger partial charge < -0.3 is 29.6 Å². The van der Waals surface area contributed by atoms with Gasteiger partial charge in [0, 0.05) is 18.0 Å². The van der Waals surface area contributed by atoms with Crippen molar-refractivity contribution < 1.29 is 18.9 Å². The van der Waals surface area contributed by atoms with Crippen molar-refractivity contribution in [1.29, 1.82) is 0 Å². The van der Waals surface area contributed by atoms with Gasteiger partial charge in [0.1, 0.15) is 0 Å². The molecule has 0 bridgehead atoms. The van der Waals surface area contributed by atoms with Gasteiger partial charge in [-0.3, -0.25) is 0 Å². The average molecular weight is 515 g/mol. The molecule has 6 heteroatoms. The summed E-state index contributed by atoms with van der Waals surface area (Å²) in [5.74, 6) is 3.60. The molecule has 37 heavy (non-hydrogen) atoms. The second-order valence-electron chi connectivity index (χ2n) is 10.2. The summed E-state index contributed by atoms with van der Waals surface area (Å²) >= 11 is 0. The Morgan fingerprint density at radius 3 is 1.95 bits per heavy atom. The first-order valence-corrected chi connectivity index (χ1v) is 13.7. The highest BCUT2D eigenvalue weighted by atomic mass is 16.5. The van der Waals surface area contributed by atoms with Crippen LogP contribution in [0.1, 0.15) is 64.5 Å². The summed E-state index contributed by atoms with van der Waals surface area (Å²) in [4.78, 5) is 0. The predicted molar refractivity (Wildman–Crippen MR) is 154 cm³/mol. The van der Waals surface area contributed by atoms with E-state index in [-0.39, 0.29) is 5.41 Å². The van der Waals surface area contributed by atoms with E-state index in [2.05, 4.69) is 62.6 Å². The molecule has 0 spiro atoms. The van der Waals surface area contributed by atoms with Gasteiger partial charge >= 0.3 is 0 Å². The van der Waals surface area contributed by atoms with Crippen LogP contribution in [-0.4, -0.2) is 54.1 Å². The third-order valence-corrected chi connectivity index (χ3v) is 7.69. The van der Waals surface area contributed by atoms with E-state index in [1.54, 1.807) is 28.4 Å². The van der Waals surface area contributed by atoms with E-state index < -0.39 is 0 Å². The Kier molecular flexibility index (Phi) is 13.1. The van der Waals surface area contributed by atoms with E-state index in [4.69, 9.17) is 18.9 Å². The molecule has 0 aliphatic rings. The van der Waals surface area contributed by atoms with Crippen LogP contribution in [0.5, 0.6) is 23.0 Å². The average Bonchev–Trinajstić information content (AvgIpc) is 2.93. The van der Waals surface area contributed by atoms with Crippen molar-refractivity contribution in [2.24, 2.45) is 5.92 Å². The van der Waals surface area contributed by atoms with E-state index in [0.717, 1.165) is 74.7 Å².